The number of carboxylic acids is 1. The molecule has 0 spiro atoms. The Morgan fingerprint density at radius 3 is 2.62 bits per heavy atom. The number of thiophene rings is 1. The molecule has 0 aliphatic rings. The lowest BCUT2D eigenvalue weighted by atomic mass is 10.2. The van der Waals surface area contributed by atoms with Crippen molar-refractivity contribution < 1.29 is 23.4 Å². The molecular weight excluding hydrogens is 314 g/mol. The molecule has 0 saturated heterocycles. The van der Waals surface area contributed by atoms with Gasteiger partial charge in [0.15, 0.2) is 0 Å². The number of hydrogen-bond acceptors (Lipinski definition) is 5. The van der Waals surface area contributed by atoms with Crippen LogP contribution in [-0.4, -0.2) is 36.0 Å². The molecule has 2 aromatic rings. The summed E-state index contributed by atoms with van der Waals surface area (Å²) in [6.45, 7) is 0.198. The van der Waals surface area contributed by atoms with Crippen molar-refractivity contribution in [2.75, 3.05) is 7.05 Å². The number of aromatic carboxylic acids is 1. The van der Waals surface area contributed by atoms with Crippen LogP contribution in [-0.2, 0) is 16.6 Å². The van der Waals surface area contributed by atoms with E-state index in [-0.39, 0.29) is 11.4 Å². The fourth-order valence-corrected chi connectivity index (χ4v) is 3.75. The van der Waals surface area contributed by atoms with Crippen LogP contribution < -0.4 is 0 Å². The SMILES string of the molecule is CN(Cc1cccs1)S(=O)(=O)c1ccc(O)c(C(=O)O)c1. The van der Waals surface area contributed by atoms with Crippen molar-refractivity contribution in [3.8, 4) is 5.75 Å². The first kappa shape index (κ1) is 15.5. The predicted molar refractivity (Wildman–Crippen MR) is 78.0 cm³/mol. The largest absolute Gasteiger partial charge is 0.507 e. The molecule has 1 aromatic heterocycles. The topological polar surface area (TPSA) is 94.9 Å². The van der Waals surface area contributed by atoms with Crippen LogP contribution in [0, 0.1) is 0 Å². The van der Waals surface area contributed by atoms with Gasteiger partial charge in [-0.25, -0.2) is 13.2 Å². The van der Waals surface area contributed by atoms with Crippen LogP contribution in [0.3, 0.4) is 0 Å². The Bertz CT molecular complexity index is 753. The van der Waals surface area contributed by atoms with Crippen molar-refractivity contribution in [2.24, 2.45) is 0 Å². The normalized spacial score (nSPS) is 11.7. The molecule has 1 aromatic carbocycles. The van der Waals surface area contributed by atoms with Gasteiger partial charge in [0.25, 0.3) is 0 Å². The molecule has 1 heterocycles. The van der Waals surface area contributed by atoms with Gasteiger partial charge in [-0.1, -0.05) is 6.07 Å². The van der Waals surface area contributed by atoms with Crippen molar-refractivity contribution in [3.05, 3.63) is 46.2 Å². The molecule has 2 rings (SSSR count). The maximum Gasteiger partial charge on any atom is 0.339 e. The second-order valence-electron chi connectivity index (χ2n) is 4.32. The number of aromatic hydroxyl groups is 1. The van der Waals surface area contributed by atoms with Gasteiger partial charge in [-0.05, 0) is 29.6 Å². The molecule has 0 radical (unpaired) electrons. The first-order valence-electron chi connectivity index (χ1n) is 5.87. The first-order chi connectivity index (χ1) is 9.82. The zero-order valence-corrected chi connectivity index (χ0v) is 12.7. The monoisotopic (exact) mass is 327 g/mol. The summed E-state index contributed by atoms with van der Waals surface area (Å²) in [4.78, 5) is 11.7. The van der Waals surface area contributed by atoms with Crippen LogP contribution in [0.5, 0.6) is 5.75 Å². The van der Waals surface area contributed by atoms with E-state index >= 15 is 0 Å². The molecular formula is C13H13NO5S2. The van der Waals surface area contributed by atoms with E-state index in [0.717, 1.165) is 21.3 Å². The molecule has 112 valence electrons. The average molecular weight is 327 g/mol. The second kappa shape index (κ2) is 5.84. The minimum atomic E-state index is -3.82. The summed E-state index contributed by atoms with van der Waals surface area (Å²) < 4.78 is 25.9. The molecule has 0 unspecified atom stereocenters. The highest BCUT2D eigenvalue weighted by molar-refractivity contribution is 7.89. The van der Waals surface area contributed by atoms with E-state index in [1.807, 2.05) is 17.5 Å². The maximum atomic E-state index is 12.4. The van der Waals surface area contributed by atoms with Crippen LogP contribution in [0.2, 0.25) is 0 Å². The molecule has 0 atom stereocenters. The van der Waals surface area contributed by atoms with Gasteiger partial charge in [0.05, 0.1) is 4.90 Å². The fraction of sp³-hybridized carbons (Fsp3) is 0.154. The van der Waals surface area contributed by atoms with E-state index in [4.69, 9.17) is 5.11 Å². The molecule has 0 fully saturated rings. The summed E-state index contributed by atoms with van der Waals surface area (Å²) in [7, 11) is -2.40. The van der Waals surface area contributed by atoms with Gasteiger partial charge in [-0.3, -0.25) is 0 Å². The van der Waals surface area contributed by atoms with Crippen LogP contribution in [0.25, 0.3) is 0 Å². The summed E-state index contributed by atoms with van der Waals surface area (Å²) in [6.07, 6.45) is 0. The summed E-state index contributed by atoms with van der Waals surface area (Å²) >= 11 is 1.43. The number of phenols is 1. The van der Waals surface area contributed by atoms with E-state index in [2.05, 4.69) is 0 Å². The third kappa shape index (κ3) is 3.23. The van der Waals surface area contributed by atoms with Gasteiger partial charge in [0.2, 0.25) is 10.0 Å². The number of carboxylic acid groups (broad SMARTS) is 1. The van der Waals surface area contributed by atoms with Gasteiger partial charge in [-0.2, -0.15) is 4.31 Å². The predicted octanol–water partition coefficient (Wildman–Crippen LogP) is 1.97. The minimum absolute atomic E-state index is 0.170. The zero-order valence-electron chi connectivity index (χ0n) is 11.1. The third-order valence-electron chi connectivity index (χ3n) is 2.87. The second-order valence-corrected chi connectivity index (χ2v) is 7.40. The molecule has 0 aliphatic carbocycles. The van der Waals surface area contributed by atoms with Crippen molar-refractivity contribution in [1.29, 1.82) is 0 Å². The number of sulfonamides is 1. The molecule has 0 saturated carbocycles. The Balaban J connectivity index is 2.35. The highest BCUT2D eigenvalue weighted by Gasteiger charge is 2.23. The zero-order chi connectivity index (χ0) is 15.6. The molecule has 0 bridgehead atoms. The van der Waals surface area contributed by atoms with E-state index in [0.29, 0.717) is 0 Å². The van der Waals surface area contributed by atoms with Crippen LogP contribution in [0.4, 0.5) is 0 Å². The first-order valence-corrected chi connectivity index (χ1v) is 8.19. The summed E-state index contributed by atoms with van der Waals surface area (Å²) in [5.74, 6) is -1.85. The third-order valence-corrected chi connectivity index (χ3v) is 5.53. The highest BCUT2D eigenvalue weighted by atomic mass is 32.2. The van der Waals surface area contributed by atoms with Gasteiger partial charge >= 0.3 is 5.97 Å². The van der Waals surface area contributed by atoms with Crippen molar-refractivity contribution >= 4 is 27.3 Å². The van der Waals surface area contributed by atoms with E-state index < -0.39 is 27.3 Å². The molecule has 6 nitrogen and oxygen atoms in total. The van der Waals surface area contributed by atoms with Crippen molar-refractivity contribution in [2.45, 2.75) is 11.4 Å². The van der Waals surface area contributed by atoms with Gasteiger partial charge in [0, 0.05) is 18.5 Å². The summed E-state index contributed by atoms with van der Waals surface area (Å²) in [6, 6.07) is 6.84. The van der Waals surface area contributed by atoms with Crippen LogP contribution >= 0.6 is 11.3 Å². The van der Waals surface area contributed by atoms with E-state index in [9.17, 15) is 18.3 Å². The summed E-state index contributed by atoms with van der Waals surface area (Å²) in [5.41, 5.74) is -0.444. The van der Waals surface area contributed by atoms with Crippen LogP contribution in [0.1, 0.15) is 15.2 Å². The number of hydrogen-bond donors (Lipinski definition) is 2. The number of carbonyl (C=O) groups is 1. The Morgan fingerprint density at radius 1 is 1.33 bits per heavy atom. The molecule has 0 aliphatic heterocycles. The standard InChI is InChI=1S/C13H13NO5S2/c1-14(8-9-3-2-6-20-9)21(18,19)10-4-5-12(15)11(7-10)13(16)17/h2-7,15H,8H2,1H3,(H,16,17). The lowest BCUT2D eigenvalue weighted by Gasteiger charge is -2.16. The van der Waals surface area contributed by atoms with E-state index in [1.54, 1.807) is 0 Å². The van der Waals surface area contributed by atoms with Gasteiger partial charge in [-0.15, -0.1) is 11.3 Å². The Morgan fingerprint density at radius 2 is 2.05 bits per heavy atom. The molecule has 8 heteroatoms. The van der Waals surface area contributed by atoms with Gasteiger partial charge in [0.1, 0.15) is 11.3 Å². The number of benzene rings is 1. The Hall–Kier alpha value is -1.90. The quantitative estimate of drug-likeness (QED) is 0.875. The van der Waals surface area contributed by atoms with Crippen molar-refractivity contribution in [1.82, 2.24) is 4.31 Å². The lowest BCUT2D eigenvalue weighted by molar-refractivity contribution is 0.0693. The molecule has 0 amide bonds. The Labute approximate surface area is 125 Å². The summed E-state index contributed by atoms with van der Waals surface area (Å²) in [5, 5.41) is 20.2. The number of nitrogens with zero attached hydrogens (tertiary/aromatic N) is 1. The van der Waals surface area contributed by atoms with Crippen molar-refractivity contribution in [3.63, 3.8) is 0 Å². The van der Waals surface area contributed by atoms with Crippen LogP contribution in [0.15, 0.2) is 40.6 Å². The van der Waals surface area contributed by atoms with E-state index in [1.165, 1.54) is 24.5 Å². The lowest BCUT2D eigenvalue weighted by Crippen LogP contribution is -2.26. The fourth-order valence-electron chi connectivity index (χ4n) is 1.73. The average Bonchev–Trinajstić information content (AvgIpc) is 2.91. The highest BCUT2D eigenvalue weighted by Crippen LogP contribution is 2.24. The Kier molecular flexibility index (Phi) is 4.31. The molecule has 21 heavy (non-hydrogen) atoms. The maximum absolute atomic E-state index is 12.4. The molecule has 2 N–H and O–H groups in total. The van der Waals surface area contributed by atoms with Gasteiger partial charge < -0.3 is 10.2 Å². The number of rotatable bonds is 5. The minimum Gasteiger partial charge on any atom is -0.507 e. The smallest absolute Gasteiger partial charge is 0.339 e.